The lowest BCUT2D eigenvalue weighted by Gasteiger charge is -2.12. The van der Waals surface area contributed by atoms with Crippen LogP contribution in [0.4, 0.5) is 0 Å². The van der Waals surface area contributed by atoms with E-state index in [1.165, 1.54) is 22.3 Å². The van der Waals surface area contributed by atoms with Gasteiger partial charge in [-0.3, -0.25) is 0 Å². The van der Waals surface area contributed by atoms with Crippen LogP contribution in [0, 0.1) is 20.8 Å². The largest absolute Gasteiger partial charge is 0.312 e. The highest BCUT2D eigenvalue weighted by Crippen LogP contribution is 2.21. The van der Waals surface area contributed by atoms with Gasteiger partial charge in [0.15, 0.2) is 0 Å². The molecule has 1 N–H and O–H groups in total. The van der Waals surface area contributed by atoms with E-state index in [9.17, 15) is 0 Å². The van der Waals surface area contributed by atoms with Crippen molar-refractivity contribution in [2.75, 3.05) is 6.54 Å². The van der Waals surface area contributed by atoms with Crippen LogP contribution in [0.2, 0.25) is 10.0 Å². The second kappa shape index (κ2) is 7.31. The predicted octanol–water partition coefficient (Wildman–Crippen LogP) is 5.25. The van der Waals surface area contributed by atoms with Crippen LogP contribution in [-0.2, 0) is 13.0 Å². The summed E-state index contributed by atoms with van der Waals surface area (Å²) in [5, 5.41) is 4.93. The molecule has 0 aliphatic rings. The van der Waals surface area contributed by atoms with Crippen LogP contribution in [0.25, 0.3) is 0 Å². The van der Waals surface area contributed by atoms with E-state index >= 15 is 0 Å². The summed E-state index contributed by atoms with van der Waals surface area (Å²) in [6.45, 7) is 8.27. The van der Waals surface area contributed by atoms with Crippen molar-refractivity contribution in [2.24, 2.45) is 0 Å². The highest BCUT2D eigenvalue weighted by molar-refractivity contribution is 6.35. The Morgan fingerprint density at radius 2 is 1.62 bits per heavy atom. The molecule has 0 aliphatic heterocycles. The number of aryl methyl sites for hydroxylation is 3. The maximum absolute atomic E-state index is 6.18. The van der Waals surface area contributed by atoms with E-state index < -0.39 is 0 Å². The van der Waals surface area contributed by atoms with Gasteiger partial charge < -0.3 is 5.32 Å². The molecule has 0 fully saturated rings. The van der Waals surface area contributed by atoms with Gasteiger partial charge in [0.05, 0.1) is 0 Å². The van der Waals surface area contributed by atoms with E-state index in [1.807, 2.05) is 12.1 Å². The Bertz CT molecular complexity index is 612. The monoisotopic (exact) mass is 321 g/mol. The number of hydrogen-bond donors (Lipinski definition) is 1. The van der Waals surface area contributed by atoms with E-state index in [0.717, 1.165) is 30.1 Å². The van der Waals surface area contributed by atoms with Crippen LogP contribution in [0.5, 0.6) is 0 Å². The topological polar surface area (TPSA) is 12.0 Å². The third kappa shape index (κ3) is 4.47. The molecule has 0 amide bonds. The summed E-state index contributed by atoms with van der Waals surface area (Å²) in [6.07, 6.45) is 0.903. The number of nitrogens with one attached hydrogen (secondary N) is 1. The number of halogens is 2. The standard InChI is InChI=1S/C18H21Cl2N/c1-12-8-13(2)17(14(3)9-12)11-21-7-6-15-4-5-16(19)10-18(15)20/h4-5,8-10,21H,6-7,11H2,1-3H3. The lowest BCUT2D eigenvalue weighted by Crippen LogP contribution is -2.18. The summed E-state index contributed by atoms with van der Waals surface area (Å²) in [6, 6.07) is 10.2. The molecule has 1 nitrogen and oxygen atoms in total. The Morgan fingerprint density at radius 3 is 2.24 bits per heavy atom. The van der Waals surface area contributed by atoms with Crippen LogP contribution in [0.15, 0.2) is 30.3 Å². The predicted molar refractivity (Wildman–Crippen MR) is 92.5 cm³/mol. The van der Waals surface area contributed by atoms with Crippen molar-refractivity contribution in [3.8, 4) is 0 Å². The lowest BCUT2D eigenvalue weighted by atomic mass is 10.00. The van der Waals surface area contributed by atoms with Gasteiger partial charge in [0.2, 0.25) is 0 Å². The zero-order chi connectivity index (χ0) is 15.4. The minimum atomic E-state index is 0.683. The molecule has 0 unspecified atom stereocenters. The van der Waals surface area contributed by atoms with Crippen LogP contribution >= 0.6 is 23.2 Å². The van der Waals surface area contributed by atoms with Crippen LogP contribution in [-0.4, -0.2) is 6.54 Å². The van der Waals surface area contributed by atoms with E-state index in [1.54, 1.807) is 6.07 Å². The van der Waals surface area contributed by atoms with Gasteiger partial charge in [-0.1, -0.05) is 47.0 Å². The van der Waals surface area contributed by atoms with Gasteiger partial charge >= 0.3 is 0 Å². The highest BCUT2D eigenvalue weighted by atomic mass is 35.5. The van der Waals surface area contributed by atoms with Gasteiger partial charge in [0.1, 0.15) is 0 Å². The lowest BCUT2D eigenvalue weighted by molar-refractivity contribution is 0.682. The number of rotatable bonds is 5. The van der Waals surface area contributed by atoms with Crippen LogP contribution in [0.1, 0.15) is 27.8 Å². The fraction of sp³-hybridized carbons (Fsp3) is 0.333. The average Bonchev–Trinajstić information content (AvgIpc) is 2.38. The van der Waals surface area contributed by atoms with Gasteiger partial charge in [-0.2, -0.15) is 0 Å². The first-order valence-electron chi connectivity index (χ1n) is 7.18. The second-order valence-corrected chi connectivity index (χ2v) is 6.38. The molecule has 21 heavy (non-hydrogen) atoms. The smallest absolute Gasteiger partial charge is 0.0453 e. The minimum absolute atomic E-state index is 0.683. The number of hydrogen-bond acceptors (Lipinski definition) is 1. The van der Waals surface area contributed by atoms with Gasteiger partial charge in [-0.25, -0.2) is 0 Å². The fourth-order valence-corrected chi connectivity index (χ4v) is 3.15. The molecule has 0 radical (unpaired) electrons. The molecule has 0 aliphatic carbocycles. The Labute approximate surface area is 137 Å². The summed E-state index contributed by atoms with van der Waals surface area (Å²) >= 11 is 12.1. The molecule has 0 aromatic heterocycles. The van der Waals surface area contributed by atoms with Crippen molar-refractivity contribution in [1.82, 2.24) is 5.32 Å². The quantitative estimate of drug-likeness (QED) is 0.741. The van der Waals surface area contributed by atoms with Gasteiger partial charge in [0, 0.05) is 16.6 Å². The van der Waals surface area contributed by atoms with Crippen molar-refractivity contribution in [2.45, 2.75) is 33.7 Å². The fourth-order valence-electron chi connectivity index (χ4n) is 2.65. The Kier molecular flexibility index (Phi) is 5.69. The third-order valence-corrected chi connectivity index (χ3v) is 4.32. The zero-order valence-corrected chi connectivity index (χ0v) is 14.3. The van der Waals surface area contributed by atoms with Crippen LogP contribution < -0.4 is 5.32 Å². The summed E-state index contributed by atoms with van der Waals surface area (Å²) in [5.41, 5.74) is 6.55. The maximum Gasteiger partial charge on any atom is 0.0453 e. The number of benzene rings is 2. The van der Waals surface area contributed by atoms with Gasteiger partial charge in [-0.05, 0) is 68.1 Å². The molecule has 2 aromatic rings. The SMILES string of the molecule is Cc1cc(C)c(CNCCc2ccc(Cl)cc2Cl)c(C)c1. The van der Waals surface area contributed by atoms with Crippen molar-refractivity contribution in [1.29, 1.82) is 0 Å². The zero-order valence-electron chi connectivity index (χ0n) is 12.8. The van der Waals surface area contributed by atoms with E-state index in [2.05, 4.69) is 38.2 Å². The first-order chi connectivity index (χ1) is 9.97. The van der Waals surface area contributed by atoms with Gasteiger partial charge in [-0.15, -0.1) is 0 Å². The van der Waals surface area contributed by atoms with E-state index in [-0.39, 0.29) is 0 Å². The third-order valence-electron chi connectivity index (χ3n) is 3.73. The first-order valence-corrected chi connectivity index (χ1v) is 7.94. The minimum Gasteiger partial charge on any atom is -0.312 e. The molecule has 3 heteroatoms. The molecule has 0 saturated heterocycles. The Morgan fingerprint density at radius 1 is 0.952 bits per heavy atom. The highest BCUT2D eigenvalue weighted by Gasteiger charge is 2.04. The summed E-state index contributed by atoms with van der Waals surface area (Å²) in [4.78, 5) is 0. The summed E-state index contributed by atoms with van der Waals surface area (Å²) in [5.74, 6) is 0. The van der Waals surface area contributed by atoms with Gasteiger partial charge in [0.25, 0.3) is 0 Å². The molecular formula is C18H21Cl2N. The Hall–Kier alpha value is -1.02. The summed E-state index contributed by atoms with van der Waals surface area (Å²) < 4.78 is 0. The molecule has 0 heterocycles. The second-order valence-electron chi connectivity index (χ2n) is 5.54. The van der Waals surface area contributed by atoms with Crippen molar-refractivity contribution in [3.05, 3.63) is 68.2 Å². The molecule has 0 spiro atoms. The molecule has 0 saturated carbocycles. The molecule has 0 bridgehead atoms. The van der Waals surface area contributed by atoms with Crippen molar-refractivity contribution in [3.63, 3.8) is 0 Å². The first kappa shape index (κ1) is 16.4. The van der Waals surface area contributed by atoms with E-state index in [0.29, 0.717) is 5.02 Å². The molecule has 0 atom stereocenters. The maximum atomic E-state index is 6.18. The van der Waals surface area contributed by atoms with Crippen molar-refractivity contribution >= 4 is 23.2 Å². The van der Waals surface area contributed by atoms with E-state index in [4.69, 9.17) is 23.2 Å². The van der Waals surface area contributed by atoms with Crippen molar-refractivity contribution < 1.29 is 0 Å². The molecular weight excluding hydrogens is 301 g/mol. The summed E-state index contributed by atoms with van der Waals surface area (Å²) in [7, 11) is 0. The molecule has 2 aromatic carbocycles. The average molecular weight is 322 g/mol. The molecule has 2 rings (SSSR count). The van der Waals surface area contributed by atoms with Crippen LogP contribution in [0.3, 0.4) is 0 Å². The Balaban J connectivity index is 1.90. The molecule has 112 valence electrons. The normalized spacial score (nSPS) is 10.9.